The lowest BCUT2D eigenvalue weighted by Crippen LogP contribution is -2.28. The summed E-state index contributed by atoms with van der Waals surface area (Å²) in [4.78, 5) is 8.28. The normalized spacial score (nSPS) is 20.1. The van der Waals surface area contributed by atoms with Crippen molar-refractivity contribution in [1.29, 1.82) is 0 Å². The lowest BCUT2D eigenvalue weighted by Gasteiger charge is -2.28. The maximum atomic E-state index is 15.1. The summed E-state index contributed by atoms with van der Waals surface area (Å²) < 4.78 is 88.2. The molecule has 3 aliphatic rings. The molecule has 0 fully saturated rings. The van der Waals surface area contributed by atoms with Crippen LogP contribution >= 0.6 is 11.6 Å². The van der Waals surface area contributed by atoms with Crippen molar-refractivity contribution in [2.24, 2.45) is 0 Å². The van der Waals surface area contributed by atoms with Crippen LogP contribution in [0.5, 0.6) is 0 Å². The predicted molar refractivity (Wildman–Crippen MR) is 155 cm³/mol. The van der Waals surface area contributed by atoms with Crippen molar-refractivity contribution in [1.82, 2.24) is 14.5 Å². The van der Waals surface area contributed by atoms with E-state index < -0.39 is 39.4 Å². The van der Waals surface area contributed by atoms with Gasteiger partial charge in [0.2, 0.25) is 0 Å². The minimum atomic E-state index is -4.68. The number of aliphatic hydroxyl groups excluding tert-OH is 1. The van der Waals surface area contributed by atoms with Gasteiger partial charge in [0.1, 0.15) is 17.3 Å². The van der Waals surface area contributed by atoms with Crippen LogP contribution in [0.15, 0.2) is 74.9 Å². The number of hydrogen-bond acceptors (Lipinski definition) is 6. The van der Waals surface area contributed by atoms with Gasteiger partial charge in [0.05, 0.1) is 11.9 Å². The van der Waals surface area contributed by atoms with Crippen molar-refractivity contribution in [3.63, 3.8) is 0 Å². The van der Waals surface area contributed by atoms with Crippen LogP contribution in [0.1, 0.15) is 48.1 Å². The average molecular weight is 638 g/mol. The van der Waals surface area contributed by atoms with Gasteiger partial charge in [-0.3, -0.25) is 0 Å². The highest BCUT2D eigenvalue weighted by Crippen LogP contribution is 2.44. The van der Waals surface area contributed by atoms with E-state index in [-0.39, 0.29) is 53.2 Å². The molecule has 1 unspecified atom stereocenters. The summed E-state index contributed by atoms with van der Waals surface area (Å²) in [6.45, 7) is 6.12. The van der Waals surface area contributed by atoms with E-state index in [1.165, 1.54) is 23.6 Å². The van der Waals surface area contributed by atoms with Crippen molar-refractivity contribution in [2.45, 2.75) is 44.5 Å². The highest BCUT2D eigenvalue weighted by atomic mass is 35.5. The smallest absolute Gasteiger partial charge is 0.434 e. The zero-order valence-corrected chi connectivity index (χ0v) is 24.8. The number of allylic oxidation sites excluding steroid dienone is 10. The predicted octanol–water partition coefficient (Wildman–Crippen LogP) is 6.92. The number of imidazole rings is 1. The first-order valence-corrected chi connectivity index (χ1v) is 15.3. The van der Waals surface area contributed by atoms with E-state index in [0.29, 0.717) is 33.7 Å². The zero-order chi connectivity index (χ0) is 31.4. The summed E-state index contributed by atoms with van der Waals surface area (Å²) in [6.07, 6.45) is 3.54. The molecule has 14 heteroatoms. The number of rotatable bonds is 6. The van der Waals surface area contributed by atoms with Crippen LogP contribution in [-0.4, -0.2) is 46.2 Å². The van der Waals surface area contributed by atoms with Crippen molar-refractivity contribution >= 4 is 38.3 Å². The van der Waals surface area contributed by atoms with Gasteiger partial charge in [-0.2, -0.15) is 13.2 Å². The van der Waals surface area contributed by atoms with Gasteiger partial charge in [0.15, 0.2) is 27.2 Å². The van der Waals surface area contributed by atoms with Gasteiger partial charge in [0, 0.05) is 41.8 Å². The molecule has 0 spiro atoms. The quantitative estimate of drug-likeness (QED) is 0.272. The van der Waals surface area contributed by atoms with Gasteiger partial charge in [-0.05, 0) is 49.5 Å². The summed E-state index contributed by atoms with van der Waals surface area (Å²) >= 11 is 6.18. The first kappa shape index (κ1) is 30.8. The zero-order valence-electron chi connectivity index (χ0n) is 23.3. The van der Waals surface area contributed by atoms with Gasteiger partial charge in [0.25, 0.3) is 0 Å². The minimum absolute atomic E-state index is 0.0843. The van der Waals surface area contributed by atoms with Crippen LogP contribution in [0, 0.1) is 13.8 Å². The number of halogens is 5. The number of aliphatic hydroxyl groups is 1. The third kappa shape index (κ3) is 6.06. The molecule has 1 aliphatic heterocycles. The Bertz CT molecular complexity index is 1840. The molecule has 228 valence electrons. The Balaban J connectivity index is 1.74. The van der Waals surface area contributed by atoms with Crippen LogP contribution < -0.4 is 0 Å². The summed E-state index contributed by atoms with van der Waals surface area (Å²) in [5.41, 5.74) is 1.55. The average Bonchev–Trinajstić information content (AvgIpc) is 3.49. The maximum absolute atomic E-state index is 15.1. The van der Waals surface area contributed by atoms with E-state index in [9.17, 15) is 26.7 Å². The molecule has 2 aromatic heterocycles. The Labute approximate surface area is 250 Å². The second kappa shape index (κ2) is 11.1. The van der Waals surface area contributed by atoms with Crippen LogP contribution in [0.4, 0.5) is 17.6 Å². The Morgan fingerprint density at radius 3 is 2.49 bits per heavy atom. The van der Waals surface area contributed by atoms with E-state index in [1.807, 2.05) is 0 Å². The standard InChI is InChI=1S/C29H26ClF4N4O4S/c1-14-7-19(11-26(30)35-14)28-27(37-16(3)42-28)20-8-17(18-9-22(31)21(13-39)24(10-18)43(4,40)41)5-6-23(20)38-12-25(29(32,33)34)36-15(38)2/h7-9,11-12,24,39H,1,5-6,10,13H2,2-4H3/q-1. The number of sulfone groups is 1. The second-order valence-electron chi connectivity index (χ2n) is 10.4. The number of hydrogen-bond donors (Lipinski definition) is 1. The van der Waals surface area contributed by atoms with Gasteiger partial charge < -0.3 is 19.4 Å². The fourth-order valence-electron chi connectivity index (χ4n) is 5.39. The molecule has 3 heterocycles. The van der Waals surface area contributed by atoms with E-state index in [1.54, 1.807) is 19.1 Å². The van der Waals surface area contributed by atoms with Gasteiger partial charge >= 0.3 is 6.18 Å². The van der Waals surface area contributed by atoms with E-state index >= 15 is 4.39 Å². The van der Waals surface area contributed by atoms with Crippen molar-refractivity contribution in [2.75, 3.05) is 12.9 Å². The number of aryl methyl sites for hydroxylation is 2. The molecule has 5 rings (SSSR count). The van der Waals surface area contributed by atoms with Crippen LogP contribution in [-0.2, 0) is 16.0 Å². The number of alkyl halides is 3. The molecule has 0 radical (unpaired) electrons. The van der Waals surface area contributed by atoms with Crippen molar-refractivity contribution < 1.29 is 35.5 Å². The Morgan fingerprint density at radius 2 is 1.88 bits per heavy atom. The van der Waals surface area contributed by atoms with Crippen LogP contribution in [0.25, 0.3) is 22.2 Å². The largest absolute Gasteiger partial charge is 0.649 e. The molecule has 2 aliphatic carbocycles. The molecular weight excluding hydrogens is 612 g/mol. The van der Waals surface area contributed by atoms with Crippen molar-refractivity contribution in [3.05, 3.63) is 105 Å². The molecule has 1 atom stereocenters. The third-order valence-electron chi connectivity index (χ3n) is 7.32. The highest BCUT2D eigenvalue weighted by Gasteiger charge is 2.37. The lowest BCUT2D eigenvalue weighted by atomic mass is 9.84. The summed E-state index contributed by atoms with van der Waals surface area (Å²) in [7, 11) is -3.78. The molecule has 1 N–H and O–H groups in total. The first-order chi connectivity index (χ1) is 20.1. The van der Waals surface area contributed by atoms with Gasteiger partial charge in [-0.25, -0.2) is 22.8 Å². The first-order valence-electron chi connectivity index (χ1n) is 13.0. The maximum Gasteiger partial charge on any atom is 0.434 e. The fraction of sp³-hybridized carbons (Fsp3) is 0.310. The summed E-state index contributed by atoms with van der Waals surface area (Å²) in [5.74, 6) is -0.249. The molecule has 0 saturated heterocycles. The molecule has 0 saturated carbocycles. The third-order valence-corrected chi connectivity index (χ3v) is 9.00. The SMILES string of the molecule is C=C1C=C(c2oc(C)nc2C2=C(n3cc(C(F)(F)F)nc3C)CCC(C3=CC(F)=C(CO)C(S(C)(=O)=O)C3)=C2)C=C(Cl)[N-]1. The lowest BCUT2D eigenvalue weighted by molar-refractivity contribution is -0.141. The molecular formula is C29H26ClF4N4O4S-. The monoisotopic (exact) mass is 637 g/mol. The molecule has 8 nitrogen and oxygen atoms in total. The number of oxazole rings is 1. The molecule has 0 aromatic carbocycles. The van der Waals surface area contributed by atoms with Gasteiger partial charge in [-0.15, -0.1) is 23.9 Å². The second-order valence-corrected chi connectivity index (χ2v) is 13.0. The van der Waals surface area contributed by atoms with E-state index in [0.717, 1.165) is 12.5 Å². The summed E-state index contributed by atoms with van der Waals surface area (Å²) in [6, 6.07) is 0. The Morgan fingerprint density at radius 1 is 1.16 bits per heavy atom. The topological polar surface area (TPSA) is 112 Å². The van der Waals surface area contributed by atoms with Crippen LogP contribution in [0.2, 0.25) is 0 Å². The highest BCUT2D eigenvalue weighted by molar-refractivity contribution is 7.91. The molecule has 43 heavy (non-hydrogen) atoms. The van der Waals surface area contributed by atoms with Crippen molar-refractivity contribution in [3.8, 4) is 0 Å². The molecule has 2 aromatic rings. The minimum Gasteiger partial charge on any atom is -0.649 e. The Kier molecular flexibility index (Phi) is 7.95. The summed E-state index contributed by atoms with van der Waals surface area (Å²) in [5, 5.41) is 12.6. The number of aromatic nitrogens is 3. The van der Waals surface area contributed by atoms with E-state index in [2.05, 4.69) is 21.9 Å². The number of nitrogens with zero attached hydrogens (tertiary/aromatic N) is 4. The van der Waals surface area contributed by atoms with Crippen LogP contribution in [0.3, 0.4) is 0 Å². The molecule has 0 amide bonds. The van der Waals surface area contributed by atoms with Gasteiger partial charge in [-0.1, -0.05) is 17.3 Å². The Hall–Kier alpha value is -3.68. The molecule has 0 bridgehead atoms. The fourth-order valence-corrected chi connectivity index (χ4v) is 6.80. The van der Waals surface area contributed by atoms with E-state index in [4.69, 9.17) is 16.0 Å².